The van der Waals surface area contributed by atoms with Crippen LogP contribution < -0.4 is 11.3 Å². The Morgan fingerprint density at radius 1 is 0.786 bits per heavy atom. The largest absolute Gasteiger partial charge is 0.306 e. The fourth-order valence-electron chi connectivity index (χ4n) is 1.46. The lowest BCUT2D eigenvalue weighted by Crippen LogP contribution is -1.94. The third kappa shape index (κ3) is 1.60. The standard InChI is InChI=1S/C12H11N2/c13-14-12-9-5-4-8-11(12)10-6-2-1-3-7-10/h1-9,13-14H. The van der Waals surface area contributed by atoms with Crippen molar-refractivity contribution < 1.29 is 0 Å². The highest BCUT2D eigenvalue weighted by Crippen LogP contribution is 2.26. The second-order valence-corrected chi connectivity index (χ2v) is 3.04. The first-order valence-corrected chi connectivity index (χ1v) is 4.49. The second-order valence-electron chi connectivity index (χ2n) is 3.04. The molecule has 0 unspecified atom stereocenters. The Balaban J connectivity index is 2.51. The van der Waals surface area contributed by atoms with E-state index in [1.54, 1.807) is 0 Å². The molecular weight excluding hydrogens is 172 g/mol. The zero-order chi connectivity index (χ0) is 9.80. The lowest BCUT2D eigenvalue weighted by atomic mass is 10.0. The Hall–Kier alpha value is -1.80. The van der Waals surface area contributed by atoms with E-state index in [1.807, 2.05) is 54.6 Å². The lowest BCUT2D eigenvalue weighted by molar-refractivity contribution is 1.29. The van der Waals surface area contributed by atoms with E-state index in [-0.39, 0.29) is 0 Å². The van der Waals surface area contributed by atoms with Crippen molar-refractivity contribution in [1.29, 1.82) is 0 Å². The second kappa shape index (κ2) is 3.94. The Labute approximate surface area is 83.3 Å². The summed E-state index contributed by atoms with van der Waals surface area (Å²) >= 11 is 0. The van der Waals surface area contributed by atoms with Crippen LogP contribution in [0, 0.1) is 0 Å². The van der Waals surface area contributed by atoms with Crippen molar-refractivity contribution in [3.05, 3.63) is 54.6 Å². The molecule has 0 saturated heterocycles. The molecule has 2 heteroatoms. The van der Waals surface area contributed by atoms with Crippen molar-refractivity contribution in [3.8, 4) is 11.1 Å². The molecule has 0 aliphatic heterocycles. The summed E-state index contributed by atoms with van der Waals surface area (Å²) in [4.78, 5) is 0. The number of para-hydroxylation sites is 1. The summed E-state index contributed by atoms with van der Waals surface area (Å²) in [5.41, 5.74) is 5.46. The molecule has 2 rings (SSSR count). The summed E-state index contributed by atoms with van der Waals surface area (Å²) in [6.07, 6.45) is 0. The normalized spacial score (nSPS) is 9.79. The van der Waals surface area contributed by atoms with Gasteiger partial charge in [-0.2, -0.15) is 5.84 Å². The SMILES string of the molecule is [NH]Nc1ccccc1-c1ccccc1. The van der Waals surface area contributed by atoms with Crippen LogP contribution >= 0.6 is 0 Å². The van der Waals surface area contributed by atoms with Crippen molar-refractivity contribution in [2.75, 3.05) is 5.43 Å². The summed E-state index contributed by atoms with van der Waals surface area (Å²) in [6.45, 7) is 0. The van der Waals surface area contributed by atoms with E-state index in [9.17, 15) is 0 Å². The maximum Gasteiger partial charge on any atom is 0.0580 e. The minimum atomic E-state index is 0.832. The third-order valence-electron chi connectivity index (χ3n) is 2.15. The molecule has 0 bridgehead atoms. The first kappa shape index (κ1) is 8.78. The lowest BCUT2D eigenvalue weighted by Gasteiger charge is -2.07. The molecule has 0 atom stereocenters. The molecule has 2 nitrogen and oxygen atoms in total. The van der Waals surface area contributed by atoms with E-state index in [0.717, 1.165) is 16.8 Å². The molecule has 0 amide bonds. The van der Waals surface area contributed by atoms with E-state index in [0.29, 0.717) is 0 Å². The van der Waals surface area contributed by atoms with Crippen LogP contribution in [0.5, 0.6) is 0 Å². The van der Waals surface area contributed by atoms with Gasteiger partial charge < -0.3 is 5.43 Å². The summed E-state index contributed by atoms with van der Waals surface area (Å²) in [5, 5.41) is 0. The van der Waals surface area contributed by atoms with Crippen LogP contribution in [-0.2, 0) is 0 Å². The van der Waals surface area contributed by atoms with Crippen LogP contribution in [0.4, 0.5) is 5.69 Å². The van der Waals surface area contributed by atoms with E-state index in [2.05, 4.69) is 5.43 Å². The van der Waals surface area contributed by atoms with Gasteiger partial charge in [0.25, 0.3) is 0 Å². The number of rotatable bonds is 2. The number of hydrogen-bond donors (Lipinski definition) is 1. The van der Waals surface area contributed by atoms with E-state index >= 15 is 0 Å². The summed E-state index contributed by atoms with van der Waals surface area (Å²) < 4.78 is 0. The van der Waals surface area contributed by atoms with Gasteiger partial charge in [-0.3, -0.25) is 0 Å². The van der Waals surface area contributed by atoms with Gasteiger partial charge in [0.1, 0.15) is 0 Å². The number of benzene rings is 2. The van der Waals surface area contributed by atoms with Crippen LogP contribution in [0.3, 0.4) is 0 Å². The zero-order valence-electron chi connectivity index (χ0n) is 7.70. The molecule has 0 fully saturated rings. The van der Waals surface area contributed by atoms with Gasteiger partial charge in [0.2, 0.25) is 0 Å². The molecule has 14 heavy (non-hydrogen) atoms. The predicted octanol–water partition coefficient (Wildman–Crippen LogP) is 2.96. The summed E-state index contributed by atoms with van der Waals surface area (Å²) in [5.74, 6) is 7.18. The maximum atomic E-state index is 7.18. The number of anilines is 1. The fourth-order valence-corrected chi connectivity index (χ4v) is 1.46. The highest BCUT2D eigenvalue weighted by Gasteiger charge is 2.01. The Morgan fingerprint density at radius 2 is 1.43 bits per heavy atom. The minimum absolute atomic E-state index is 0.832. The molecule has 0 aliphatic carbocycles. The van der Waals surface area contributed by atoms with Gasteiger partial charge >= 0.3 is 0 Å². The first-order chi connectivity index (χ1) is 6.92. The average Bonchev–Trinajstić information content (AvgIpc) is 2.30. The molecule has 2 aromatic rings. The monoisotopic (exact) mass is 183 g/mol. The van der Waals surface area contributed by atoms with Crippen molar-refractivity contribution >= 4 is 5.69 Å². The molecule has 0 spiro atoms. The van der Waals surface area contributed by atoms with Gasteiger partial charge in [-0.05, 0) is 11.6 Å². The molecule has 69 valence electrons. The van der Waals surface area contributed by atoms with E-state index < -0.39 is 0 Å². The van der Waals surface area contributed by atoms with E-state index in [4.69, 9.17) is 5.84 Å². The summed E-state index contributed by atoms with van der Waals surface area (Å²) in [7, 11) is 0. The predicted molar refractivity (Wildman–Crippen MR) is 58.6 cm³/mol. The van der Waals surface area contributed by atoms with Crippen molar-refractivity contribution in [2.24, 2.45) is 0 Å². The highest BCUT2D eigenvalue weighted by atomic mass is 15.2. The number of nitrogens with one attached hydrogen (secondary N) is 2. The molecule has 0 saturated carbocycles. The Bertz CT molecular complexity index is 410. The van der Waals surface area contributed by atoms with E-state index in [1.165, 1.54) is 0 Å². The van der Waals surface area contributed by atoms with Crippen molar-refractivity contribution in [2.45, 2.75) is 0 Å². The number of hydrogen-bond acceptors (Lipinski definition) is 1. The van der Waals surface area contributed by atoms with Crippen LogP contribution in [0.2, 0.25) is 0 Å². The van der Waals surface area contributed by atoms with Gasteiger partial charge in [0.05, 0.1) is 5.69 Å². The molecule has 0 heterocycles. The fraction of sp³-hybridized carbons (Fsp3) is 0. The summed E-state index contributed by atoms with van der Waals surface area (Å²) in [6, 6.07) is 17.9. The zero-order valence-corrected chi connectivity index (χ0v) is 7.70. The Morgan fingerprint density at radius 3 is 2.14 bits per heavy atom. The topological polar surface area (TPSA) is 35.8 Å². The van der Waals surface area contributed by atoms with Gasteiger partial charge in [-0.1, -0.05) is 48.5 Å². The first-order valence-electron chi connectivity index (χ1n) is 4.49. The Kier molecular flexibility index (Phi) is 2.47. The smallest absolute Gasteiger partial charge is 0.0580 e. The van der Waals surface area contributed by atoms with Gasteiger partial charge in [0.15, 0.2) is 0 Å². The molecular formula is C12H11N2. The average molecular weight is 183 g/mol. The van der Waals surface area contributed by atoms with Crippen LogP contribution in [0.25, 0.3) is 11.1 Å². The molecule has 2 N–H and O–H groups in total. The molecule has 0 aliphatic rings. The minimum Gasteiger partial charge on any atom is -0.306 e. The highest BCUT2D eigenvalue weighted by molar-refractivity contribution is 5.77. The van der Waals surface area contributed by atoms with Gasteiger partial charge in [-0.15, -0.1) is 0 Å². The molecule has 2 aromatic carbocycles. The molecule has 0 aromatic heterocycles. The van der Waals surface area contributed by atoms with Crippen LogP contribution in [-0.4, -0.2) is 0 Å². The molecule has 1 radical (unpaired) electrons. The quantitative estimate of drug-likeness (QED) is 0.714. The third-order valence-corrected chi connectivity index (χ3v) is 2.15. The van der Waals surface area contributed by atoms with Crippen LogP contribution in [0.1, 0.15) is 0 Å². The van der Waals surface area contributed by atoms with Crippen molar-refractivity contribution in [3.63, 3.8) is 0 Å². The van der Waals surface area contributed by atoms with Gasteiger partial charge in [-0.25, -0.2) is 0 Å². The van der Waals surface area contributed by atoms with Crippen molar-refractivity contribution in [1.82, 2.24) is 5.84 Å². The van der Waals surface area contributed by atoms with Crippen LogP contribution in [0.15, 0.2) is 54.6 Å². The van der Waals surface area contributed by atoms with Gasteiger partial charge in [0, 0.05) is 5.56 Å². The maximum absolute atomic E-state index is 7.18.